The van der Waals surface area contributed by atoms with Crippen LogP contribution in [0.25, 0.3) is 0 Å². The van der Waals surface area contributed by atoms with Crippen LogP contribution in [-0.2, 0) is 17.6 Å². The van der Waals surface area contributed by atoms with E-state index in [1.54, 1.807) is 0 Å². The average Bonchev–Trinajstić information content (AvgIpc) is 3.12. The number of hydrogen-bond donors (Lipinski definition) is 2. The molecule has 134 valence electrons. The number of nitrogens with zero attached hydrogens (tertiary/aromatic N) is 2. The summed E-state index contributed by atoms with van der Waals surface area (Å²) in [4.78, 5) is 16.7. The molecule has 0 saturated carbocycles. The fourth-order valence-electron chi connectivity index (χ4n) is 2.63. The molecule has 0 fully saturated rings. The Kier molecular flexibility index (Phi) is 5.76. The first kappa shape index (κ1) is 17.8. The summed E-state index contributed by atoms with van der Waals surface area (Å²) >= 11 is 0. The first-order valence-corrected chi connectivity index (χ1v) is 8.58. The van der Waals surface area contributed by atoms with Gasteiger partial charge in [0.2, 0.25) is 11.8 Å². The largest absolute Gasteiger partial charge is 0.345 e. The van der Waals surface area contributed by atoms with Crippen molar-refractivity contribution in [2.24, 2.45) is 5.73 Å². The number of amides is 1. The molecular formula is C20H22N4O2. The molecule has 26 heavy (non-hydrogen) atoms. The minimum atomic E-state index is -0.629. The van der Waals surface area contributed by atoms with Crippen molar-refractivity contribution >= 4 is 5.91 Å². The summed E-state index contributed by atoms with van der Waals surface area (Å²) in [7, 11) is 0. The topological polar surface area (TPSA) is 94.0 Å². The molecule has 6 heteroatoms. The van der Waals surface area contributed by atoms with E-state index in [2.05, 4.69) is 15.5 Å². The molecule has 0 bridgehead atoms. The molecule has 3 aromatic rings. The van der Waals surface area contributed by atoms with Gasteiger partial charge in [-0.2, -0.15) is 4.98 Å². The molecule has 0 aliphatic carbocycles. The molecule has 0 spiro atoms. The molecular weight excluding hydrogens is 328 g/mol. The van der Waals surface area contributed by atoms with Crippen LogP contribution in [0, 0.1) is 0 Å². The highest BCUT2D eigenvalue weighted by molar-refractivity contribution is 5.82. The van der Waals surface area contributed by atoms with Crippen molar-refractivity contribution in [3.05, 3.63) is 83.5 Å². The first-order chi connectivity index (χ1) is 12.6. The molecule has 3 rings (SSSR count). The van der Waals surface area contributed by atoms with E-state index in [0.717, 1.165) is 11.1 Å². The molecule has 2 atom stereocenters. The molecule has 0 aliphatic heterocycles. The summed E-state index contributed by atoms with van der Waals surface area (Å²) in [6.45, 7) is 1.81. The van der Waals surface area contributed by atoms with Crippen LogP contribution in [0.15, 0.2) is 65.2 Å². The number of carbonyl (C=O) groups excluding carboxylic acids is 1. The van der Waals surface area contributed by atoms with Crippen LogP contribution in [0.5, 0.6) is 0 Å². The van der Waals surface area contributed by atoms with Gasteiger partial charge in [0.1, 0.15) is 0 Å². The van der Waals surface area contributed by atoms with E-state index in [0.29, 0.717) is 24.6 Å². The number of carbonyl (C=O) groups is 1. The van der Waals surface area contributed by atoms with Gasteiger partial charge in [-0.1, -0.05) is 65.8 Å². The van der Waals surface area contributed by atoms with Gasteiger partial charge in [-0.15, -0.1) is 0 Å². The second-order valence-corrected chi connectivity index (χ2v) is 6.24. The van der Waals surface area contributed by atoms with Gasteiger partial charge in [0.25, 0.3) is 0 Å². The van der Waals surface area contributed by atoms with Crippen LogP contribution in [0.2, 0.25) is 0 Å². The summed E-state index contributed by atoms with van der Waals surface area (Å²) in [5.74, 6) is 0.716. The Bertz CT molecular complexity index is 833. The Morgan fingerprint density at radius 1 is 1.08 bits per heavy atom. The van der Waals surface area contributed by atoms with Gasteiger partial charge in [0, 0.05) is 0 Å². The maximum atomic E-state index is 12.3. The van der Waals surface area contributed by atoms with Crippen molar-refractivity contribution in [1.29, 1.82) is 0 Å². The summed E-state index contributed by atoms with van der Waals surface area (Å²) in [6, 6.07) is 18.6. The maximum Gasteiger partial charge on any atom is 0.237 e. The van der Waals surface area contributed by atoms with Crippen molar-refractivity contribution in [2.45, 2.75) is 31.8 Å². The van der Waals surface area contributed by atoms with Gasteiger partial charge < -0.3 is 15.6 Å². The van der Waals surface area contributed by atoms with Crippen LogP contribution in [0.4, 0.5) is 0 Å². The highest BCUT2D eigenvalue weighted by Gasteiger charge is 2.20. The molecule has 3 N–H and O–H groups in total. The number of rotatable bonds is 7. The molecule has 2 aromatic carbocycles. The average molecular weight is 350 g/mol. The second-order valence-electron chi connectivity index (χ2n) is 6.24. The zero-order chi connectivity index (χ0) is 18.4. The van der Waals surface area contributed by atoms with Crippen molar-refractivity contribution in [2.75, 3.05) is 0 Å². The number of aromatic nitrogens is 2. The van der Waals surface area contributed by atoms with E-state index >= 15 is 0 Å². The number of nitrogens with one attached hydrogen (secondary N) is 1. The Hall–Kier alpha value is -2.99. The van der Waals surface area contributed by atoms with Crippen LogP contribution < -0.4 is 11.1 Å². The lowest BCUT2D eigenvalue weighted by Crippen LogP contribution is -2.43. The molecule has 1 heterocycles. The lowest BCUT2D eigenvalue weighted by atomic mass is 10.1. The van der Waals surface area contributed by atoms with E-state index in [-0.39, 0.29) is 11.9 Å². The standard InChI is InChI=1S/C20H22N4O2/c1-14(22-20(25)17(21)12-15-8-4-2-5-9-15)19-23-18(26-24-19)13-16-10-6-3-7-11-16/h2-11,14,17H,12-13,21H2,1H3,(H,22,25). The molecule has 1 aromatic heterocycles. The number of nitrogens with two attached hydrogens (primary N) is 1. The van der Waals surface area contributed by atoms with Gasteiger partial charge >= 0.3 is 0 Å². The second kappa shape index (κ2) is 8.40. The Labute approximate surface area is 152 Å². The third kappa shape index (κ3) is 4.77. The summed E-state index contributed by atoms with van der Waals surface area (Å²) < 4.78 is 5.28. The summed E-state index contributed by atoms with van der Waals surface area (Å²) in [5.41, 5.74) is 8.11. The van der Waals surface area contributed by atoms with E-state index in [9.17, 15) is 4.79 Å². The SMILES string of the molecule is CC(NC(=O)C(N)Cc1ccccc1)c1noc(Cc2ccccc2)n1. The van der Waals surface area contributed by atoms with Gasteiger partial charge in [0.05, 0.1) is 18.5 Å². The fraction of sp³-hybridized carbons (Fsp3) is 0.250. The minimum absolute atomic E-state index is 0.240. The normalized spacial score (nSPS) is 13.2. The van der Waals surface area contributed by atoms with E-state index in [4.69, 9.17) is 10.3 Å². The summed E-state index contributed by atoms with van der Waals surface area (Å²) in [5, 5.41) is 6.81. The van der Waals surface area contributed by atoms with Gasteiger partial charge in [0.15, 0.2) is 5.82 Å². The first-order valence-electron chi connectivity index (χ1n) is 8.58. The molecule has 0 radical (unpaired) electrons. The zero-order valence-corrected chi connectivity index (χ0v) is 14.6. The highest BCUT2D eigenvalue weighted by atomic mass is 16.5. The monoisotopic (exact) mass is 350 g/mol. The maximum absolute atomic E-state index is 12.3. The minimum Gasteiger partial charge on any atom is -0.345 e. The van der Waals surface area contributed by atoms with E-state index in [1.165, 1.54) is 0 Å². The Morgan fingerprint density at radius 3 is 2.35 bits per heavy atom. The summed E-state index contributed by atoms with van der Waals surface area (Å²) in [6.07, 6.45) is 1.03. The molecule has 2 unspecified atom stereocenters. The van der Waals surface area contributed by atoms with Gasteiger partial charge in [-0.3, -0.25) is 4.79 Å². The smallest absolute Gasteiger partial charge is 0.237 e. The Morgan fingerprint density at radius 2 is 1.69 bits per heavy atom. The molecule has 1 amide bonds. The third-order valence-electron chi connectivity index (χ3n) is 4.06. The van der Waals surface area contributed by atoms with Gasteiger partial charge in [-0.05, 0) is 24.5 Å². The lowest BCUT2D eigenvalue weighted by Gasteiger charge is -2.15. The highest BCUT2D eigenvalue weighted by Crippen LogP contribution is 2.12. The molecule has 0 aliphatic rings. The predicted molar refractivity (Wildman–Crippen MR) is 98.2 cm³/mol. The van der Waals surface area contributed by atoms with Crippen molar-refractivity contribution in [3.8, 4) is 0 Å². The van der Waals surface area contributed by atoms with Crippen molar-refractivity contribution in [1.82, 2.24) is 15.5 Å². The Balaban J connectivity index is 1.56. The number of benzene rings is 2. The fourth-order valence-corrected chi connectivity index (χ4v) is 2.63. The van der Waals surface area contributed by atoms with Crippen LogP contribution in [0.3, 0.4) is 0 Å². The number of hydrogen-bond acceptors (Lipinski definition) is 5. The van der Waals surface area contributed by atoms with E-state index in [1.807, 2.05) is 67.6 Å². The lowest BCUT2D eigenvalue weighted by molar-refractivity contribution is -0.123. The van der Waals surface area contributed by atoms with Crippen LogP contribution in [0.1, 0.15) is 35.8 Å². The van der Waals surface area contributed by atoms with Crippen LogP contribution in [-0.4, -0.2) is 22.1 Å². The van der Waals surface area contributed by atoms with Crippen LogP contribution >= 0.6 is 0 Å². The molecule has 0 saturated heterocycles. The van der Waals surface area contributed by atoms with E-state index < -0.39 is 6.04 Å². The third-order valence-corrected chi connectivity index (χ3v) is 4.06. The molecule has 6 nitrogen and oxygen atoms in total. The van der Waals surface area contributed by atoms with Crippen molar-refractivity contribution in [3.63, 3.8) is 0 Å². The predicted octanol–water partition coefficient (Wildman–Crippen LogP) is 2.41. The quantitative estimate of drug-likeness (QED) is 0.682. The van der Waals surface area contributed by atoms with Crippen molar-refractivity contribution < 1.29 is 9.32 Å². The zero-order valence-electron chi connectivity index (χ0n) is 14.6. The van der Waals surface area contributed by atoms with Gasteiger partial charge in [-0.25, -0.2) is 0 Å².